The van der Waals surface area contributed by atoms with E-state index >= 15 is 0 Å². The van der Waals surface area contributed by atoms with Gasteiger partial charge in [0.2, 0.25) is 5.91 Å². The summed E-state index contributed by atoms with van der Waals surface area (Å²) in [6.45, 7) is 0.485. The smallest absolute Gasteiger partial charge is 0.328 e. The highest BCUT2D eigenvalue weighted by Crippen LogP contribution is 2.28. The zero-order valence-electron chi connectivity index (χ0n) is 15.9. The number of aromatic nitrogens is 2. The number of benzene rings is 2. The van der Waals surface area contributed by atoms with Crippen LogP contribution in [-0.4, -0.2) is 22.6 Å². The van der Waals surface area contributed by atoms with Gasteiger partial charge in [0, 0.05) is 18.8 Å². The Morgan fingerprint density at radius 2 is 1.83 bits per heavy atom. The molecule has 1 amide bonds. The Hall–Kier alpha value is -3.81. The van der Waals surface area contributed by atoms with Crippen molar-refractivity contribution in [2.75, 3.05) is 7.11 Å². The maximum Gasteiger partial charge on any atom is 0.328 e. The van der Waals surface area contributed by atoms with Gasteiger partial charge in [-0.05, 0) is 23.3 Å². The molecule has 0 spiro atoms. The zero-order chi connectivity index (χ0) is 20.6. The maximum atomic E-state index is 12.1. The van der Waals surface area contributed by atoms with Crippen LogP contribution in [0.3, 0.4) is 0 Å². The molecule has 0 radical (unpaired) electrons. The number of carbonyl (C=O) groups excluding carboxylic acids is 1. The monoisotopic (exact) mass is 395 g/mol. The van der Waals surface area contributed by atoms with Crippen LogP contribution in [0.1, 0.15) is 11.1 Å². The van der Waals surface area contributed by atoms with E-state index in [-0.39, 0.29) is 19.0 Å². The van der Waals surface area contributed by atoms with Crippen molar-refractivity contribution in [3.05, 3.63) is 92.8 Å². The Bertz CT molecular complexity index is 1090. The van der Waals surface area contributed by atoms with Gasteiger partial charge in [-0.1, -0.05) is 36.4 Å². The molecule has 0 atom stereocenters. The van der Waals surface area contributed by atoms with Gasteiger partial charge in [0.15, 0.2) is 11.5 Å². The molecule has 2 N–H and O–H groups in total. The summed E-state index contributed by atoms with van der Waals surface area (Å²) in [6.07, 6.45) is 1.28. The number of nitrogens with one attached hydrogen (secondary N) is 2. The molecule has 0 unspecified atom stereocenters. The van der Waals surface area contributed by atoms with E-state index in [4.69, 9.17) is 9.47 Å². The van der Waals surface area contributed by atoms with E-state index in [9.17, 15) is 14.4 Å². The minimum atomic E-state index is -0.630. The van der Waals surface area contributed by atoms with Gasteiger partial charge in [-0.3, -0.25) is 19.1 Å². The minimum absolute atomic E-state index is 0.189. The molecule has 1 aromatic heterocycles. The number of rotatable bonds is 8. The van der Waals surface area contributed by atoms with Crippen LogP contribution in [-0.2, 0) is 24.5 Å². The quantitative estimate of drug-likeness (QED) is 0.601. The van der Waals surface area contributed by atoms with Crippen LogP contribution in [0, 0.1) is 0 Å². The summed E-state index contributed by atoms with van der Waals surface area (Å²) in [5.74, 6) is 0.804. The molecule has 3 rings (SSSR count). The predicted octanol–water partition coefficient (Wildman–Crippen LogP) is 1.44. The standard InChI is InChI=1S/C21H21N3O5/c1-28-18-11-16(7-8-17(18)29-14-15-5-3-2-4-6-15)12-22-20(26)13-24-10-9-19(25)23-21(24)27/h2-11H,12-14H2,1H3,(H,22,26)(H,23,25,27). The normalized spacial score (nSPS) is 10.4. The molecule has 0 aliphatic carbocycles. The summed E-state index contributed by atoms with van der Waals surface area (Å²) < 4.78 is 12.3. The van der Waals surface area contributed by atoms with Crippen LogP contribution in [0.15, 0.2) is 70.4 Å². The largest absolute Gasteiger partial charge is 0.493 e. The van der Waals surface area contributed by atoms with E-state index in [1.165, 1.54) is 12.3 Å². The molecule has 150 valence electrons. The average molecular weight is 395 g/mol. The lowest BCUT2D eigenvalue weighted by molar-refractivity contribution is -0.121. The first-order valence-electron chi connectivity index (χ1n) is 8.95. The molecule has 0 aliphatic heterocycles. The number of ether oxygens (including phenoxy) is 2. The van der Waals surface area contributed by atoms with Crippen LogP contribution in [0.4, 0.5) is 0 Å². The first-order chi connectivity index (χ1) is 14.0. The number of amides is 1. The molecular weight excluding hydrogens is 374 g/mol. The summed E-state index contributed by atoms with van der Waals surface area (Å²) in [4.78, 5) is 36.9. The van der Waals surface area contributed by atoms with Gasteiger partial charge < -0.3 is 14.8 Å². The summed E-state index contributed by atoms with van der Waals surface area (Å²) >= 11 is 0. The van der Waals surface area contributed by atoms with Gasteiger partial charge >= 0.3 is 5.69 Å². The highest BCUT2D eigenvalue weighted by Gasteiger charge is 2.09. The Labute approximate surface area is 166 Å². The number of methoxy groups -OCH3 is 1. The fraction of sp³-hybridized carbons (Fsp3) is 0.190. The molecule has 0 fully saturated rings. The van der Waals surface area contributed by atoms with E-state index in [2.05, 4.69) is 10.3 Å². The number of H-pyrrole nitrogens is 1. The summed E-state index contributed by atoms with van der Waals surface area (Å²) in [6, 6.07) is 16.4. The first-order valence-corrected chi connectivity index (χ1v) is 8.95. The van der Waals surface area contributed by atoms with Gasteiger partial charge in [-0.15, -0.1) is 0 Å². The number of hydrogen-bond donors (Lipinski definition) is 2. The third kappa shape index (κ3) is 5.58. The highest BCUT2D eigenvalue weighted by molar-refractivity contribution is 5.75. The van der Waals surface area contributed by atoms with E-state index in [0.29, 0.717) is 18.1 Å². The van der Waals surface area contributed by atoms with Crippen LogP contribution in [0.2, 0.25) is 0 Å². The van der Waals surface area contributed by atoms with Gasteiger partial charge in [0.05, 0.1) is 7.11 Å². The molecule has 0 aliphatic rings. The Balaban J connectivity index is 1.58. The van der Waals surface area contributed by atoms with Crippen molar-refractivity contribution in [3.63, 3.8) is 0 Å². The van der Waals surface area contributed by atoms with Crippen molar-refractivity contribution in [1.82, 2.24) is 14.9 Å². The van der Waals surface area contributed by atoms with Crippen molar-refractivity contribution in [2.24, 2.45) is 0 Å². The van der Waals surface area contributed by atoms with Crippen LogP contribution in [0.5, 0.6) is 11.5 Å². The van der Waals surface area contributed by atoms with Crippen molar-refractivity contribution in [1.29, 1.82) is 0 Å². The fourth-order valence-corrected chi connectivity index (χ4v) is 2.66. The molecule has 0 bridgehead atoms. The molecular formula is C21H21N3O5. The van der Waals surface area contributed by atoms with E-state index < -0.39 is 11.2 Å². The number of nitrogens with zero attached hydrogens (tertiary/aromatic N) is 1. The molecule has 0 saturated heterocycles. The zero-order valence-corrected chi connectivity index (χ0v) is 15.9. The maximum absolute atomic E-state index is 12.1. The molecule has 29 heavy (non-hydrogen) atoms. The molecule has 8 nitrogen and oxygen atoms in total. The topological polar surface area (TPSA) is 102 Å². The molecule has 2 aromatic carbocycles. The Morgan fingerprint density at radius 1 is 1.03 bits per heavy atom. The lowest BCUT2D eigenvalue weighted by Gasteiger charge is -2.13. The third-order valence-electron chi connectivity index (χ3n) is 4.17. The number of aromatic amines is 1. The van der Waals surface area contributed by atoms with Crippen LogP contribution in [0.25, 0.3) is 0 Å². The Kier molecular flexibility index (Phi) is 6.47. The molecule has 0 saturated carbocycles. The van der Waals surface area contributed by atoms with Gasteiger partial charge in [-0.2, -0.15) is 0 Å². The van der Waals surface area contributed by atoms with Crippen LogP contribution >= 0.6 is 0 Å². The second kappa shape index (κ2) is 9.41. The second-order valence-corrected chi connectivity index (χ2v) is 6.27. The SMILES string of the molecule is COc1cc(CNC(=O)Cn2ccc(=O)[nH]c2=O)ccc1OCc1ccccc1. The lowest BCUT2D eigenvalue weighted by Crippen LogP contribution is -2.35. The average Bonchev–Trinajstić information content (AvgIpc) is 2.73. The van der Waals surface area contributed by atoms with Gasteiger partial charge in [0.25, 0.3) is 5.56 Å². The van der Waals surface area contributed by atoms with Crippen molar-refractivity contribution in [2.45, 2.75) is 19.7 Å². The Morgan fingerprint density at radius 3 is 2.55 bits per heavy atom. The highest BCUT2D eigenvalue weighted by atomic mass is 16.5. The third-order valence-corrected chi connectivity index (χ3v) is 4.17. The number of hydrogen-bond acceptors (Lipinski definition) is 5. The summed E-state index contributed by atoms with van der Waals surface area (Å²) in [5, 5.41) is 2.73. The fourth-order valence-electron chi connectivity index (χ4n) is 2.66. The molecule has 8 heteroatoms. The lowest BCUT2D eigenvalue weighted by atomic mass is 10.2. The van der Waals surface area contributed by atoms with Gasteiger partial charge in [-0.25, -0.2) is 4.79 Å². The second-order valence-electron chi connectivity index (χ2n) is 6.27. The van der Waals surface area contributed by atoms with Crippen molar-refractivity contribution < 1.29 is 14.3 Å². The molecule has 1 heterocycles. The summed E-state index contributed by atoms with van der Waals surface area (Å²) in [5.41, 5.74) is 0.724. The van der Waals surface area contributed by atoms with E-state index in [1.54, 1.807) is 19.2 Å². The minimum Gasteiger partial charge on any atom is -0.493 e. The number of carbonyl (C=O) groups is 1. The van der Waals surface area contributed by atoms with Crippen LogP contribution < -0.4 is 26.0 Å². The molecule has 3 aromatic rings. The first kappa shape index (κ1) is 19.9. The summed E-state index contributed by atoms with van der Waals surface area (Å²) in [7, 11) is 1.55. The van der Waals surface area contributed by atoms with E-state index in [0.717, 1.165) is 15.7 Å². The van der Waals surface area contributed by atoms with Gasteiger partial charge in [0.1, 0.15) is 13.2 Å². The van der Waals surface area contributed by atoms with E-state index in [1.807, 2.05) is 36.4 Å². The van der Waals surface area contributed by atoms with Crippen molar-refractivity contribution in [3.8, 4) is 11.5 Å². The predicted molar refractivity (Wildman–Crippen MR) is 107 cm³/mol. The van der Waals surface area contributed by atoms with Crippen molar-refractivity contribution >= 4 is 5.91 Å².